The number of hydrazone groups is 1. The second-order valence-electron chi connectivity index (χ2n) is 7.76. The van der Waals surface area contributed by atoms with Crippen LogP contribution in [-0.4, -0.2) is 57.0 Å². The fraction of sp³-hybridized carbons (Fsp3) is 0.261. The fourth-order valence-electron chi connectivity index (χ4n) is 3.65. The summed E-state index contributed by atoms with van der Waals surface area (Å²) in [6.07, 6.45) is 7.14. The Bertz CT molecular complexity index is 1280. The molecule has 0 amide bonds. The molecule has 1 fully saturated rings. The number of imidazole rings is 1. The Balaban J connectivity index is 1.55. The zero-order valence-corrected chi connectivity index (χ0v) is 18.1. The smallest absolute Gasteiger partial charge is 0.229 e. The van der Waals surface area contributed by atoms with Gasteiger partial charge in [-0.05, 0) is 31.0 Å². The van der Waals surface area contributed by atoms with Gasteiger partial charge < -0.3 is 9.64 Å². The lowest BCUT2D eigenvalue weighted by Gasteiger charge is -2.27. The minimum atomic E-state index is 0.555. The largest absolute Gasteiger partial charge is 0.378 e. The number of pyridine rings is 1. The van der Waals surface area contributed by atoms with Crippen molar-refractivity contribution in [3.05, 3.63) is 65.7 Å². The normalized spacial score (nSPS) is 14.4. The summed E-state index contributed by atoms with van der Waals surface area (Å²) >= 11 is 0. The quantitative estimate of drug-likeness (QED) is 0.386. The van der Waals surface area contributed by atoms with Crippen molar-refractivity contribution in [3.8, 4) is 5.69 Å². The molecule has 32 heavy (non-hydrogen) atoms. The maximum Gasteiger partial charge on any atom is 0.229 e. The van der Waals surface area contributed by atoms with E-state index in [4.69, 9.17) is 14.7 Å². The van der Waals surface area contributed by atoms with Crippen LogP contribution in [0.5, 0.6) is 0 Å². The van der Waals surface area contributed by atoms with E-state index in [9.17, 15) is 0 Å². The Kier molecular flexibility index (Phi) is 5.47. The molecule has 1 aliphatic heterocycles. The molecule has 4 heterocycles. The molecule has 0 unspecified atom stereocenters. The first-order chi connectivity index (χ1) is 15.7. The molecule has 1 aliphatic rings. The van der Waals surface area contributed by atoms with Gasteiger partial charge in [0, 0.05) is 19.3 Å². The molecule has 3 aromatic heterocycles. The van der Waals surface area contributed by atoms with Gasteiger partial charge in [0.05, 0.1) is 31.3 Å². The molecule has 1 N–H and O–H groups in total. The number of rotatable bonds is 5. The van der Waals surface area contributed by atoms with Crippen LogP contribution < -0.4 is 10.3 Å². The highest BCUT2D eigenvalue weighted by Crippen LogP contribution is 2.25. The number of hydrogen-bond acceptors (Lipinski definition) is 8. The highest BCUT2D eigenvalue weighted by Gasteiger charge is 2.19. The molecule has 0 radical (unpaired) electrons. The number of aromatic nitrogens is 5. The number of benzene rings is 1. The van der Waals surface area contributed by atoms with Crippen molar-refractivity contribution in [3.63, 3.8) is 0 Å². The summed E-state index contributed by atoms with van der Waals surface area (Å²) in [4.78, 5) is 20.6. The maximum atomic E-state index is 5.49. The lowest BCUT2D eigenvalue weighted by Crippen LogP contribution is -2.37. The minimum Gasteiger partial charge on any atom is -0.378 e. The summed E-state index contributed by atoms with van der Waals surface area (Å²) in [5.74, 6) is 1.18. The maximum absolute atomic E-state index is 5.49. The fourth-order valence-corrected chi connectivity index (χ4v) is 3.65. The van der Waals surface area contributed by atoms with Gasteiger partial charge in [0.1, 0.15) is 6.33 Å². The third-order valence-corrected chi connectivity index (χ3v) is 5.24. The summed E-state index contributed by atoms with van der Waals surface area (Å²) in [7, 11) is 0. The standard InChI is InChI=1S/C23H24N8O/c1-16-4-3-5-18(10-16)13-26-29-21-20-22(28-23(27-21)30-6-8-32-9-7-30)31(15-25-20)19-11-17(2)12-24-14-19/h3-5,10-15H,6-9H2,1-2H3,(H,27,28,29). The number of hydrogen-bond donors (Lipinski definition) is 1. The third-order valence-electron chi connectivity index (χ3n) is 5.24. The third kappa shape index (κ3) is 4.15. The van der Waals surface area contributed by atoms with Crippen LogP contribution in [0.2, 0.25) is 0 Å². The summed E-state index contributed by atoms with van der Waals surface area (Å²) in [6, 6.07) is 10.2. The van der Waals surface area contributed by atoms with Crippen molar-refractivity contribution in [1.82, 2.24) is 24.5 Å². The Morgan fingerprint density at radius 2 is 1.94 bits per heavy atom. The first-order valence-corrected chi connectivity index (χ1v) is 10.5. The summed E-state index contributed by atoms with van der Waals surface area (Å²) in [6.45, 7) is 6.83. The van der Waals surface area contributed by atoms with Crippen LogP contribution in [0.25, 0.3) is 16.9 Å². The van der Waals surface area contributed by atoms with E-state index in [1.54, 1.807) is 18.7 Å². The molecule has 0 aliphatic carbocycles. The van der Waals surface area contributed by atoms with Gasteiger partial charge in [-0.25, -0.2) is 4.98 Å². The van der Waals surface area contributed by atoms with Crippen molar-refractivity contribution in [2.24, 2.45) is 5.10 Å². The average Bonchev–Trinajstić information content (AvgIpc) is 3.24. The molecule has 0 spiro atoms. The van der Waals surface area contributed by atoms with Gasteiger partial charge in [-0.3, -0.25) is 15.0 Å². The lowest BCUT2D eigenvalue weighted by atomic mass is 10.2. The number of ether oxygens (including phenoxy) is 1. The van der Waals surface area contributed by atoms with Crippen molar-refractivity contribution >= 4 is 29.1 Å². The van der Waals surface area contributed by atoms with Gasteiger partial charge in [-0.2, -0.15) is 15.1 Å². The zero-order chi connectivity index (χ0) is 21.9. The SMILES string of the molecule is Cc1cccc(C=NNc2nc(N3CCOCC3)nc3c2ncn3-c2cncc(C)c2)c1. The second-order valence-corrected chi connectivity index (χ2v) is 7.76. The van der Waals surface area contributed by atoms with Gasteiger partial charge in [-0.15, -0.1) is 0 Å². The van der Waals surface area contributed by atoms with Crippen LogP contribution in [0.15, 0.2) is 54.2 Å². The predicted octanol–water partition coefficient (Wildman–Crippen LogP) is 3.11. The molecule has 9 heteroatoms. The van der Waals surface area contributed by atoms with Crippen LogP contribution in [-0.2, 0) is 4.74 Å². The van der Waals surface area contributed by atoms with E-state index in [2.05, 4.69) is 44.5 Å². The molecule has 1 saturated heterocycles. The Labute approximate surface area is 185 Å². The van der Waals surface area contributed by atoms with Crippen LogP contribution in [0.3, 0.4) is 0 Å². The number of nitrogens with one attached hydrogen (secondary N) is 1. The van der Waals surface area contributed by atoms with Crippen molar-refractivity contribution in [2.75, 3.05) is 36.6 Å². The summed E-state index contributed by atoms with van der Waals surface area (Å²) in [5, 5.41) is 4.42. The summed E-state index contributed by atoms with van der Waals surface area (Å²) < 4.78 is 7.42. The van der Waals surface area contributed by atoms with E-state index in [0.29, 0.717) is 36.1 Å². The van der Waals surface area contributed by atoms with Gasteiger partial charge in [0.2, 0.25) is 5.95 Å². The predicted molar refractivity (Wildman–Crippen MR) is 125 cm³/mol. The highest BCUT2D eigenvalue weighted by molar-refractivity contribution is 5.87. The summed E-state index contributed by atoms with van der Waals surface area (Å²) in [5.41, 5.74) is 8.57. The lowest BCUT2D eigenvalue weighted by molar-refractivity contribution is 0.122. The molecule has 1 aromatic carbocycles. The van der Waals surface area contributed by atoms with Crippen LogP contribution >= 0.6 is 0 Å². The molecule has 162 valence electrons. The molecule has 0 saturated carbocycles. The topological polar surface area (TPSA) is 93.4 Å². The van der Waals surface area contributed by atoms with E-state index >= 15 is 0 Å². The number of nitrogens with zero attached hydrogens (tertiary/aromatic N) is 7. The molecular weight excluding hydrogens is 404 g/mol. The molecule has 0 bridgehead atoms. The minimum absolute atomic E-state index is 0.555. The molecular formula is C23H24N8O. The van der Waals surface area contributed by atoms with E-state index in [1.165, 1.54) is 5.56 Å². The average molecular weight is 429 g/mol. The van der Waals surface area contributed by atoms with Crippen molar-refractivity contribution < 1.29 is 4.74 Å². The zero-order valence-electron chi connectivity index (χ0n) is 18.1. The first kappa shape index (κ1) is 20.1. The Hall–Kier alpha value is -3.85. The second kappa shape index (κ2) is 8.72. The van der Waals surface area contributed by atoms with Crippen LogP contribution in [0, 0.1) is 13.8 Å². The van der Waals surface area contributed by atoms with Gasteiger partial charge >= 0.3 is 0 Å². The van der Waals surface area contributed by atoms with E-state index < -0.39 is 0 Å². The first-order valence-electron chi connectivity index (χ1n) is 10.5. The Morgan fingerprint density at radius 1 is 1.06 bits per heavy atom. The van der Waals surface area contributed by atoms with E-state index in [-0.39, 0.29) is 0 Å². The number of morpholine rings is 1. The highest BCUT2D eigenvalue weighted by atomic mass is 16.5. The number of aryl methyl sites for hydroxylation is 2. The van der Waals surface area contributed by atoms with Crippen molar-refractivity contribution in [2.45, 2.75) is 13.8 Å². The Morgan fingerprint density at radius 3 is 2.75 bits per heavy atom. The van der Waals surface area contributed by atoms with Crippen LogP contribution in [0.4, 0.5) is 11.8 Å². The monoisotopic (exact) mass is 428 g/mol. The number of anilines is 2. The van der Waals surface area contributed by atoms with E-state index in [0.717, 1.165) is 29.9 Å². The van der Waals surface area contributed by atoms with E-state index in [1.807, 2.05) is 35.9 Å². The molecule has 5 rings (SSSR count). The van der Waals surface area contributed by atoms with Gasteiger partial charge in [0.25, 0.3) is 0 Å². The molecule has 4 aromatic rings. The van der Waals surface area contributed by atoms with Crippen LogP contribution in [0.1, 0.15) is 16.7 Å². The van der Waals surface area contributed by atoms with Crippen molar-refractivity contribution in [1.29, 1.82) is 0 Å². The molecule has 9 nitrogen and oxygen atoms in total. The number of fused-ring (bicyclic) bond motifs is 1. The van der Waals surface area contributed by atoms with Gasteiger partial charge in [-0.1, -0.05) is 29.8 Å². The van der Waals surface area contributed by atoms with Gasteiger partial charge in [0.15, 0.2) is 17.0 Å². The molecule has 0 atom stereocenters.